The third kappa shape index (κ3) is 3.75. The Labute approximate surface area is 147 Å². The first-order valence-corrected chi connectivity index (χ1v) is 9.97. The van der Waals surface area contributed by atoms with Gasteiger partial charge in [0.2, 0.25) is 5.91 Å². The van der Waals surface area contributed by atoms with Crippen LogP contribution >= 0.6 is 11.8 Å². The number of para-hydroxylation sites is 2. The van der Waals surface area contributed by atoms with Gasteiger partial charge >= 0.3 is 0 Å². The van der Waals surface area contributed by atoms with E-state index >= 15 is 0 Å². The van der Waals surface area contributed by atoms with E-state index in [2.05, 4.69) is 22.2 Å². The Kier molecular flexibility index (Phi) is 5.79. The molecule has 130 valence electrons. The molecule has 1 fully saturated rings. The maximum Gasteiger partial charge on any atom is 0.242 e. The summed E-state index contributed by atoms with van der Waals surface area (Å²) in [6.45, 7) is 3.19. The van der Waals surface area contributed by atoms with Crippen molar-refractivity contribution >= 4 is 28.7 Å². The average Bonchev–Trinajstić information content (AvgIpc) is 2.94. The standard InChI is InChI=1S/C18H26N4OS/c1-19-11-14-7-9-21(10-8-14)18(23)12-22-16-6-4-3-5-15(16)20-17(22)13-24-2/h3-6,14,19H,7-13H2,1-2H3. The Morgan fingerprint density at radius 2 is 2.08 bits per heavy atom. The normalized spacial score (nSPS) is 16.0. The van der Waals surface area contributed by atoms with E-state index in [1.54, 1.807) is 11.8 Å². The zero-order valence-electron chi connectivity index (χ0n) is 14.5. The lowest BCUT2D eigenvalue weighted by Gasteiger charge is -2.32. The minimum Gasteiger partial charge on any atom is -0.341 e. The molecule has 1 saturated heterocycles. The predicted molar refractivity (Wildman–Crippen MR) is 100 cm³/mol. The van der Waals surface area contributed by atoms with Crippen LogP contribution in [-0.2, 0) is 17.1 Å². The van der Waals surface area contributed by atoms with E-state index in [-0.39, 0.29) is 5.91 Å². The summed E-state index contributed by atoms with van der Waals surface area (Å²) < 4.78 is 2.09. The van der Waals surface area contributed by atoms with Crippen LogP contribution < -0.4 is 5.32 Å². The lowest BCUT2D eigenvalue weighted by atomic mass is 9.97. The van der Waals surface area contributed by atoms with Gasteiger partial charge in [-0.2, -0.15) is 11.8 Å². The van der Waals surface area contributed by atoms with Crippen molar-refractivity contribution < 1.29 is 4.79 Å². The van der Waals surface area contributed by atoms with Crippen LogP contribution in [0.2, 0.25) is 0 Å². The third-order valence-corrected chi connectivity index (χ3v) is 5.31. The first kappa shape index (κ1) is 17.3. The number of amides is 1. The molecule has 0 bridgehead atoms. The van der Waals surface area contributed by atoms with E-state index < -0.39 is 0 Å². The quantitative estimate of drug-likeness (QED) is 0.872. The fourth-order valence-electron chi connectivity index (χ4n) is 3.45. The monoisotopic (exact) mass is 346 g/mol. The van der Waals surface area contributed by atoms with Crippen LogP contribution in [0.1, 0.15) is 18.7 Å². The highest BCUT2D eigenvalue weighted by atomic mass is 32.2. The van der Waals surface area contributed by atoms with E-state index in [4.69, 9.17) is 4.98 Å². The Balaban J connectivity index is 1.72. The highest BCUT2D eigenvalue weighted by molar-refractivity contribution is 7.97. The number of thioether (sulfide) groups is 1. The number of nitrogens with one attached hydrogen (secondary N) is 1. The number of nitrogens with zero attached hydrogens (tertiary/aromatic N) is 3. The maximum absolute atomic E-state index is 12.8. The Morgan fingerprint density at radius 1 is 1.33 bits per heavy atom. The molecule has 1 N–H and O–H groups in total. The van der Waals surface area contributed by atoms with E-state index in [0.717, 1.165) is 55.1 Å². The summed E-state index contributed by atoms with van der Waals surface area (Å²) in [5, 5.41) is 3.24. The van der Waals surface area contributed by atoms with E-state index in [1.165, 1.54) is 0 Å². The van der Waals surface area contributed by atoms with Crippen molar-refractivity contribution in [3.8, 4) is 0 Å². The smallest absolute Gasteiger partial charge is 0.242 e. The molecule has 0 unspecified atom stereocenters. The number of carbonyl (C=O) groups is 1. The SMILES string of the molecule is CNCC1CCN(C(=O)Cn2c(CSC)nc3ccccc32)CC1. The van der Waals surface area contributed by atoms with E-state index in [9.17, 15) is 4.79 Å². The molecule has 2 aromatic rings. The van der Waals surface area contributed by atoms with Gasteiger partial charge in [0, 0.05) is 13.1 Å². The number of benzene rings is 1. The second-order valence-electron chi connectivity index (χ2n) is 6.42. The second kappa shape index (κ2) is 8.03. The van der Waals surface area contributed by atoms with Gasteiger partial charge in [0.15, 0.2) is 0 Å². The summed E-state index contributed by atoms with van der Waals surface area (Å²) >= 11 is 1.74. The number of imidazole rings is 1. The molecule has 0 radical (unpaired) electrons. The summed E-state index contributed by atoms with van der Waals surface area (Å²) in [5.41, 5.74) is 2.03. The summed E-state index contributed by atoms with van der Waals surface area (Å²) in [6.07, 6.45) is 4.25. The lowest BCUT2D eigenvalue weighted by molar-refractivity contribution is -0.133. The van der Waals surface area contributed by atoms with Gasteiger partial charge in [-0.15, -0.1) is 0 Å². The number of hydrogen-bond donors (Lipinski definition) is 1. The molecule has 1 amide bonds. The van der Waals surface area contributed by atoms with Crippen LogP contribution in [0.25, 0.3) is 11.0 Å². The Hall–Kier alpha value is -1.53. The molecule has 0 saturated carbocycles. The molecular weight excluding hydrogens is 320 g/mol. The highest BCUT2D eigenvalue weighted by Crippen LogP contribution is 2.21. The van der Waals surface area contributed by atoms with Gasteiger partial charge in [-0.25, -0.2) is 4.98 Å². The molecule has 1 aliphatic heterocycles. The summed E-state index contributed by atoms with van der Waals surface area (Å²) in [7, 11) is 1.99. The van der Waals surface area contributed by atoms with Gasteiger partial charge in [0.1, 0.15) is 12.4 Å². The van der Waals surface area contributed by atoms with Crippen LogP contribution in [0.3, 0.4) is 0 Å². The fraction of sp³-hybridized carbons (Fsp3) is 0.556. The number of rotatable bonds is 6. The minimum absolute atomic E-state index is 0.211. The van der Waals surface area contributed by atoms with Crippen LogP contribution in [0.5, 0.6) is 0 Å². The maximum atomic E-state index is 12.8. The fourth-order valence-corrected chi connectivity index (χ4v) is 3.93. The lowest BCUT2D eigenvalue weighted by Crippen LogP contribution is -2.42. The summed E-state index contributed by atoms with van der Waals surface area (Å²) in [5.74, 6) is 2.72. The van der Waals surface area contributed by atoms with Crippen molar-refractivity contribution in [1.29, 1.82) is 0 Å². The van der Waals surface area contributed by atoms with Crippen LogP contribution in [-0.4, -0.2) is 53.3 Å². The molecule has 1 aromatic heterocycles. The van der Waals surface area contributed by atoms with Gasteiger partial charge in [-0.05, 0) is 50.7 Å². The first-order chi connectivity index (χ1) is 11.7. The van der Waals surface area contributed by atoms with Crippen molar-refractivity contribution in [1.82, 2.24) is 19.8 Å². The molecule has 2 heterocycles. The van der Waals surface area contributed by atoms with Crippen molar-refractivity contribution in [3.05, 3.63) is 30.1 Å². The number of piperidine rings is 1. The van der Waals surface area contributed by atoms with Gasteiger partial charge in [-0.3, -0.25) is 4.79 Å². The van der Waals surface area contributed by atoms with Crippen LogP contribution in [0.4, 0.5) is 0 Å². The molecule has 0 aliphatic carbocycles. The van der Waals surface area contributed by atoms with E-state index in [1.807, 2.05) is 30.1 Å². The molecule has 0 spiro atoms. The predicted octanol–water partition coefficient (Wildman–Crippen LogP) is 2.36. The van der Waals surface area contributed by atoms with Crippen molar-refractivity contribution in [2.75, 3.05) is 32.9 Å². The number of likely N-dealkylation sites (tertiary alicyclic amines) is 1. The van der Waals surface area contributed by atoms with Gasteiger partial charge in [0.05, 0.1) is 16.8 Å². The number of carbonyl (C=O) groups excluding carboxylic acids is 1. The first-order valence-electron chi connectivity index (χ1n) is 8.58. The van der Waals surface area contributed by atoms with Crippen LogP contribution in [0, 0.1) is 5.92 Å². The largest absolute Gasteiger partial charge is 0.341 e. The Morgan fingerprint density at radius 3 is 2.79 bits per heavy atom. The number of fused-ring (bicyclic) bond motifs is 1. The molecular formula is C18H26N4OS. The summed E-state index contributed by atoms with van der Waals surface area (Å²) in [4.78, 5) is 19.5. The van der Waals surface area contributed by atoms with Gasteiger partial charge < -0.3 is 14.8 Å². The topological polar surface area (TPSA) is 50.2 Å². The molecule has 5 nitrogen and oxygen atoms in total. The third-order valence-electron chi connectivity index (χ3n) is 4.76. The zero-order valence-corrected chi connectivity index (χ0v) is 15.3. The van der Waals surface area contributed by atoms with Gasteiger partial charge in [0.25, 0.3) is 0 Å². The number of hydrogen-bond acceptors (Lipinski definition) is 4. The van der Waals surface area contributed by atoms with Crippen molar-refractivity contribution in [2.24, 2.45) is 5.92 Å². The van der Waals surface area contributed by atoms with Crippen molar-refractivity contribution in [3.63, 3.8) is 0 Å². The molecule has 0 atom stereocenters. The van der Waals surface area contributed by atoms with Gasteiger partial charge in [-0.1, -0.05) is 12.1 Å². The highest BCUT2D eigenvalue weighted by Gasteiger charge is 2.23. The molecule has 3 rings (SSSR count). The zero-order chi connectivity index (χ0) is 16.9. The summed E-state index contributed by atoms with van der Waals surface area (Å²) in [6, 6.07) is 8.08. The molecule has 6 heteroatoms. The van der Waals surface area contributed by atoms with E-state index in [0.29, 0.717) is 12.5 Å². The molecule has 1 aliphatic rings. The average molecular weight is 347 g/mol. The number of aromatic nitrogens is 2. The van der Waals surface area contributed by atoms with Crippen molar-refractivity contribution in [2.45, 2.75) is 25.1 Å². The second-order valence-corrected chi connectivity index (χ2v) is 7.28. The Bertz CT molecular complexity index is 691. The molecule has 1 aromatic carbocycles. The van der Waals surface area contributed by atoms with Crippen LogP contribution in [0.15, 0.2) is 24.3 Å². The minimum atomic E-state index is 0.211. The molecule has 24 heavy (non-hydrogen) atoms.